The lowest BCUT2D eigenvalue weighted by atomic mass is 10.2. The van der Waals surface area contributed by atoms with E-state index >= 15 is 0 Å². The van der Waals surface area contributed by atoms with Gasteiger partial charge >= 0.3 is 6.18 Å². The smallest absolute Gasteiger partial charge is 0.335 e. The van der Waals surface area contributed by atoms with Crippen molar-refractivity contribution in [3.8, 4) is 0 Å². The highest BCUT2D eigenvalue weighted by Gasteiger charge is 2.40. The molecule has 1 aliphatic carbocycles. The molecule has 3 rings (SSSR count). The topological polar surface area (TPSA) is 45.8 Å². The van der Waals surface area contributed by atoms with E-state index in [4.69, 9.17) is 0 Å². The summed E-state index contributed by atoms with van der Waals surface area (Å²) in [6.07, 6.45) is -3.57. The molecule has 6 heteroatoms. The Balaban J connectivity index is 1.99. The summed E-state index contributed by atoms with van der Waals surface area (Å²) in [5.41, 5.74) is -0.126. The number of nitrogens with one attached hydrogen (secondary N) is 1. The molecule has 1 aromatic heterocycles. The van der Waals surface area contributed by atoms with Crippen LogP contribution in [-0.2, 0) is 6.18 Å². The molecule has 1 aromatic carbocycles. The number of hydrogen-bond donors (Lipinski definition) is 1. The molecule has 2 unspecified atom stereocenters. The highest BCUT2D eigenvalue weighted by molar-refractivity contribution is 5.99. The van der Waals surface area contributed by atoms with Crippen LogP contribution in [0.3, 0.4) is 0 Å². The molecular weight excluding hydrogens is 257 g/mol. The largest absolute Gasteiger partial charge is 0.416 e. The fraction of sp³-hybridized carbons (Fsp3) is 0.385. The van der Waals surface area contributed by atoms with E-state index in [9.17, 15) is 18.0 Å². The van der Waals surface area contributed by atoms with Crippen LogP contribution in [0.2, 0.25) is 0 Å². The highest BCUT2D eigenvalue weighted by Crippen LogP contribution is 2.40. The molecule has 3 nitrogen and oxygen atoms in total. The molecule has 1 N–H and O–H groups in total. The first-order chi connectivity index (χ1) is 8.86. The van der Waals surface area contributed by atoms with Gasteiger partial charge in [0.15, 0.2) is 5.82 Å². The Labute approximate surface area is 106 Å². The number of imidazole rings is 1. The lowest BCUT2D eigenvalue weighted by molar-refractivity contribution is -0.137. The Bertz CT molecular complexity index is 659. The van der Waals surface area contributed by atoms with Gasteiger partial charge in [0.1, 0.15) is 0 Å². The Morgan fingerprint density at radius 2 is 2.11 bits per heavy atom. The first-order valence-corrected chi connectivity index (χ1v) is 5.97. The maximum atomic E-state index is 12.6. The molecule has 0 bridgehead atoms. The Morgan fingerprint density at radius 1 is 1.42 bits per heavy atom. The number of aromatic nitrogens is 2. The van der Waals surface area contributed by atoms with Gasteiger partial charge in [-0.05, 0) is 30.5 Å². The van der Waals surface area contributed by atoms with Crippen molar-refractivity contribution in [2.75, 3.05) is 0 Å². The number of rotatable bonds is 2. The van der Waals surface area contributed by atoms with Crippen LogP contribution in [0.25, 0.3) is 11.0 Å². The number of carbonyl (C=O) groups is 1. The van der Waals surface area contributed by atoms with Crippen molar-refractivity contribution in [2.24, 2.45) is 11.8 Å². The van der Waals surface area contributed by atoms with Gasteiger partial charge in [-0.2, -0.15) is 13.2 Å². The van der Waals surface area contributed by atoms with Crippen molar-refractivity contribution in [2.45, 2.75) is 19.5 Å². The van der Waals surface area contributed by atoms with E-state index in [1.807, 2.05) is 6.92 Å². The zero-order chi connectivity index (χ0) is 13.8. The van der Waals surface area contributed by atoms with Gasteiger partial charge in [0.2, 0.25) is 5.78 Å². The van der Waals surface area contributed by atoms with Gasteiger partial charge in [-0.3, -0.25) is 4.79 Å². The molecule has 0 saturated heterocycles. The second-order valence-corrected chi connectivity index (χ2v) is 5.00. The number of H-pyrrole nitrogens is 1. The van der Waals surface area contributed by atoms with Crippen LogP contribution in [0.5, 0.6) is 0 Å². The first-order valence-electron chi connectivity index (χ1n) is 5.97. The van der Waals surface area contributed by atoms with Crippen molar-refractivity contribution >= 4 is 16.8 Å². The number of carbonyl (C=O) groups excluding carboxylic acids is 1. The molecule has 1 heterocycles. The summed E-state index contributed by atoms with van der Waals surface area (Å²) >= 11 is 0. The van der Waals surface area contributed by atoms with E-state index in [-0.39, 0.29) is 23.0 Å². The molecule has 2 atom stereocenters. The third kappa shape index (κ3) is 2.11. The van der Waals surface area contributed by atoms with Crippen LogP contribution in [-0.4, -0.2) is 15.8 Å². The second-order valence-electron chi connectivity index (χ2n) is 5.00. The van der Waals surface area contributed by atoms with E-state index in [1.165, 1.54) is 6.07 Å². The molecule has 1 saturated carbocycles. The Kier molecular flexibility index (Phi) is 2.45. The number of aromatic amines is 1. The number of Topliss-reactive ketones (excluding diaryl/α,β-unsaturated/α-hetero) is 1. The molecule has 0 amide bonds. The molecule has 0 radical (unpaired) electrons. The van der Waals surface area contributed by atoms with E-state index in [0.29, 0.717) is 11.4 Å². The predicted octanol–water partition coefficient (Wildman–Crippen LogP) is 3.42. The van der Waals surface area contributed by atoms with Gasteiger partial charge in [-0.15, -0.1) is 0 Å². The van der Waals surface area contributed by atoms with Gasteiger partial charge in [-0.25, -0.2) is 4.98 Å². The summed E-state index contributed by atoms with van der Waals surface area (Å²) in [5, 5.41) is 0. The van der Waals surface area contributed by atoms with E-state index in [2.05, 4.69) is 9.97 Å². The molecule has 0 spiro atoms. The van der Waals surface area contributed by atoms with Gasteiger partial charge in [0, 0.05) is 5.92 Å². The van der Waals surface area contributed by atoms with Gasteiger partial charge in [0.25, 0.3) is 0 Å². The summed E-state index contributed by atoms with van der Waals surface area (Å²) in [6.45, 7) is 1.97. The fourth-order valence-corrected chi connectivity index (χ4v) is 2.17. The standard InChI is InChI=1S/C13H11F3N2O/c1-6-4-8(6)11(19)12-17-9-3-2-7(13(14,15)16)5-10(9)18-12/h2-3,5-6,8H,4H2,1H3,(H,17,18). The number of halogens is 3. The Morgan fingerprint density at radius 3 is 2.68 bits per heavy atom. The third-order valence-corrected chi connectivity index (χ3v) is 3.49. The number of nitrogens with zero attached hydrogens (tertiary/aromatic N) is 1. The second kappa shape index (κ2) is 3.82. The summed E-state index contributed by atoms with van der Waals surface area (Å²) in [7, 11) is 0. The molecule has 2 aromatic rings. The molecule has 0 aliphatic heterocycles. The van der Waals surface area contributed by atoms with Crippen LogP contribution in [0, 0.1) is 11.8 Å². The zero-order valence-corrected chi connectivity index (χ0v) is 10.1. The minimum absolute atomic E-state index is 0.0392. The van der Waals surface area contributed by atoms with Crippen LogP contribution in [0.1, 0.15) is 29.5 Å². The van der Waals surface area contributed by atoms with Crippen molar-refractivity contribution in [1.82, 2.24) is 9.97 Å². The molecule has 19 heavy (non-hydrogen) atoms. The fourth-order valence-electron chi connectivity index (χ4n) is 2.17. The molecular formula is C13H11F3N2O. The van der Waals surface area contributed by atoms with Crippen molar-refractivity contribution in [3.63, 3.8) is 0 Å². The van der Waals surface area contributed by atoms with Crippen molar-refractivity contribution in [1.29, 1.82) is 0 Å². The maximum absolute atomic E-state index is 12.6. The molecule has 100 valence electrons. The minimum atomic E-state index is -4.39. The normalized spacial score (nSPS) is 22.7. The average Bonchev–Trinajstić information content (AvgIpc) is 2.91. The van der Waals surface area contributed by atoms with Crippen LogP contribution >= 0.6 is 0 Å². The van der Waals surface area contributed by atoms with Crippen LogP contribution in [0.15, 0.2) is 18.2 Å². The maximum Gasteiger partial charge on any atom is 0.416 e. The number of fused-ring (bicyclic) bond motifs is 1. The van der Waals surface area contributed by atoms with E-state index < -0.39 is 11.7 Å². The van der Waals surface area contributed by atoms with Crippen LogP contribution in [0.4, 0.5) is 13.2 Å². The quantitative estimate of drug-likeness (QED) is 0.848. The monoisotopic (exact) mass is 268 g/mol. The summed E-state index contributed by atoms with van der Waals surface area (Å²) in [6, 6.07) is 3.23. The summed E-state index contributed by atoms with van der Waals surface area (Å²) in [4.78, 5) is 18.7. The Hall–Kier alpha value is -1.85. The van der Waals surface area contributed by atoms with Crippen molar-refractivity contribution < 1.29 is 18.0 Å². The van der Waals surface area contributed by atoms with Gasteiger partial charge in [-0.1, -0.05) is 6.92 Å². The first kappa shape index (κ1) is 12.2. The number of benzene rings is 1. The SMILES string of the molecule is CC1CC1C(=O)c1nc2ccc(C(F)(F)F)cc2[nH]1. The van der Waals surface area contributed by atoms with E-state index in [0.717, 1.165) is 18.6 Å². The zero-order valence-electron chi connectivity index (χ0n) is 10.1. The minimum Gasteiger partial charge on any atom is -0.335 e. The lowest BCUT2D eigenvalue weighted by Gasteiger charge is -2.05. The van der Waals surface area contributed by atoms with Gasteiger partial charge in [0.05, 0.1) is 16.6 Å². The van der Waals surface area contributed by atoms with Crippen molar-refractivity contribution in [3.05, 3.63) is 29.6 Å². The average molecular weight is 268 g/mol. The van der Waals surface area contributed by atoms with Crippen LogP contribution < -0.4 is 0 Å². The predicted molar refractivity (Wildman–Crippen MR) is 62.7 cm³/mol. The highest BCUT2D eigenvalue weighted by atomic mass is 19.4. The molecule has 1 fully saturated rings. The van der Waals surface area contributed by atoms with E-state index in [1.54, 1.807) is 0 Å². The number of ketones is 1. The molecule has 1 aliphatic rings. The lowest BCUT2D eigenvalue weighted by Crippen LogP contribution is -2.05. The number of hydrogen-bond acceptors (Lipinski definition) is 2. The summed E-state index contributed by atoms with van der Waals surface area (Å²) in [5.74, 6) is 0.343. The summed E-state index contributed by atoms with van der Waals surface area (Å²) < 4.78 is 37.7. The number of alkyl halides is 3. The van der Waals surface area contributed by atoms with Gasteiger partial charge < -0.3 is 4.98 Å². The third-order valence-electron chi connectivity index (χ3n) is 3.49.